The Hall–Kier alpha value is -2.06. The lowest BCUT2D eigenvalue weighted by molar-refractivity contribution is -0.133. The summed E-state index contributed by atoms with van der Waals surface area (Å²) in [5.74, 6) is -0.624. The van der Waals surface area contributed by atoms with Crippen LogP contribution >= 0.6 is 22.7 Å². The van der Waals surface area contributed by atoms with E-state index in [9.17, 15) is 14.4 Å². The zero-order valence-corrected chi connectivity index (χ0v) is 13.9. The van der Waals surface area contributed by atoms with Crippen molar-refractivity contribution in [3.8, 4) is 0 Å². The van der Waals surface area contributed by atoms with Gasteiger partial charge in [-0.2, -0.15) is 0 Å². The zero-order chi connectivity index (χ0) is 16.1. The van der Waals surface area contributed by atoms with Crippen LogP contribution in [0.5, 0.6) is 0 Å². The Bertz CT molecular complexity index is 1120. The largest absolute Gasteiger partial charge is 0.466 e. The Labute approximate surface area is 137 Å². The van der Waals surface area contributed by atoms with Gasteiger partial charge in [0.25, 0.3) is 11.1 Å². The van der Waals surface area contributed by atoms with Gasteiger partial charge in [-0.25, -0.2) is 14.2 Å². The fourth-order valence-corrected chi connectivity index (χ4v) is 5.18. The van der Waals surface area contributed by atoms with E-state index in [1.165, 1.54) is 12.0 Å². The van der Waals surface area contributed by atoms with E-state index in [-0.39, 0.29) is 10.1 Å². The van der Waals surface area contributed by atoms with Gasteiger partial charge in [0.15, 0.2) is 0 Å². The van der Waals surface area contributed by atoms with E-state index in [1.807, 2.05) is 0 Å². The number of hydrogen-bond acceptors (Lipinski definition) is 7. The molecule has 4 rings (SSSR count). The highest BCUT2D eigenvalue weighted by Crippen LogP contribution is 2.33. The molecule has 0 unspecified atom stereocenters. The quantitative estimate of drug-likeness (QED) is 0.610. The summed E-state index contributed by atoms with van der Waals surface area (Å²) in [6.45, 7) is 0. The molecular weight excluding hydrogens is 336 g/mol. The number of nitrogens with zero attached hydrogens (tertiary/aromatic N) is 2. The van der Waals surface area contributed by atoms with E-state index < -0.39 is 11.5 Å². The molecular formula is C15H12N2O4S2. The van der Waals surface area contributed by atoms with Crippen molar-refractivity contribution in [2.24, 2.45) is 0 Å². The van der Waals surface area contributed by atoms with Gasteiger partial charge < -0.3 is 4.74 Å². The highest BCUT2D eigenvalue weighted by atomic mass is 32.1. The van der Waals surface area contributed by atoms with Crippen molar-refractivity contribution in [3.05, 3.63) is 35.7 Å². The monoisotopic (exact) mass is 348 g/mol. The van der Waals surface area contributed by atoms with Crippen LogP contribution in [-0.4, -0.2) is 22.5 Å². The van der Waals surface area contributed by atoms with Gasteiger partial charge in [0.05, 0.1) is 12.5 Å². The van der Waals surface area contributed by atoms with Gasteiger partial charge >= 0.3 is 5.97 Å². The van der Waals surface area contributed by atoms with Crippen molar-refractivity contribution in [3.63, 3.8) is 0 Å². The van der Waals surface area contributed by atoms with Crippen molar-refractivity contribution in [1.29, 1.82) is 0 Å². The molecule has 8 heteroatoms. The molecule has 3 aromatic rings. The molecule has 0 aromatic carbocycles. The minimum atomic E-state index is -0.624. The number of carbonyl (C=O) groups is 1. The van der Waals surface area contributed by atoms with Gasteiger partial charge in [-0.1, -0.05) is 11.3 Å². The van der Waals surface area contributed by atoms with Crippen molar-refractivity contribution in [2.75, 3.05) is 7.11 Å². The number of thiazole rings is 1. The minimum Gasteiger partial charge on any atom is -0.466 e. The zero-order valence-electron chi connectivity index (χ0n) is 12.2. The fraction of sp³-hybridized carbons (Fsp3) is 0.333. The fourth-order valence-electron chi connectivity index (χ4n) is 2.94. The standard InChI is InChI=1S/C15H12N2O4S2/c1-21-10(18)6-9-13(19)17-14(20)11-7-4-2-3-5-8(7)22-12(11)16-15(17)23-9/h6H,2-5H2,1H3/b9-6-. The lowest BCUT2D eigenvalue weighted by atomic mass is 9.97. The smallest absolute Gasteiger partial charge is 0.332 e. The van der Waals surface area contributed by atoms with Crippen LogP contribution in [0.4, 0.5) is 0 Å². The van der Waals surface area contributed by atoms with E-state index in [2.05, 4.69) is 9.72 Å². The highest BCUT2D eigenvalue weighted by molar-refractivity contribution is 7.19. The number of fused-ring (bicyclic) bond motifs is 4. The summed E-state index contributed by atoms with van der Waals surface area (Å²) in [5, 5.41) is 0.571. The van der Waals surface area contributed by atoms with Crippen molar-refractivity contribution in [1.82, 2.24) is 9.38 Å². The van der Waals surface area contributed by atoms with Crippen molar-refractivity contribution < 1.29 is 9.53 Å². The predicted octanol–water partition coefficient (Wildman–Crippen LogP) is 0.882. The molecule has 1 aliphatic rings. The van der Waals surface area contributed by atoms with Gasteiger partial charge in [-0.15, -0.1) is 11.3 Å². The molecule has 0 saturated carbocycles. The molecule has 0 spiro atoms. The number of hydrogen-bond donors (Lipinski definition) is 0. The molecule has 0 radical (unpaired) electrons. The van der Waals surface area contributed by atoms with Gasteiger partial charge in [0.1, 0.15) is 9.36 Å². The second-order valence-corrected chi connectivity index (χ2v) is 7.46. The average molecular weight is 348 g/mol. The number of aromatic nitrogens is 2. The number of ether oxygens (including phenoxy) is 1. The van der Waals surface area contributed by atoms with Crippen LogP contribution in [0.25, 0.3) is 21.3 Å². The van der Waals surface area contributed by atoms with Gasteiger partial charge in [-0.05, 0) is 31.2 Å². The number of thiophene rings is 1. The number of methoxy groups -OCH3 is 1. The van der Waals surface area contributed by atoms with E-state index in [0.717, 1.165) is 53.1 Å². The Morgan fingerprint density at radius 2 is 2.00 bits per heavy atom. The summed E-state index contributed by atoms with van der Waals surface area (Å²) in [7, 11) is 1.24. The number of rotatable bonds is 1. The Morgan fingerprint density at radius 3 is 2.78 bits per heavy atom. The van der Waals surface area contributed by atoms with Crippen LogP contribution in [0, 0.1) is 0 Å². The van der Waals surface area contributed by atoms with Gasteiger partial charge in [0.2, 0.25) is 4.96 Å². The van der Waals surface area contributed by atoms with Crippen LogP contribution in [0.1, 0.15) is 23.3 Å². The first-order valence-electron chi connectivity index (χ1n) is 7.19. The van der Waals surface area contributed by atoms with E-state index in [1.54, 1.807) is 11.3 Å². The lowest BCUT2D eigenvalue weighted by Crippen LogP contribution is -2.31. The minimum absolute atomic E-state index is 0.160. The topological polar surface area (TPSA) is 77.7 Å². The predicted molar refractivity (Wildman–Crippen MR) is 89.3 cm³/mol. The van der Waals surface area contributed by atoms with E-state index >= 15 is 0 Å². The van der Waals surface area contributed by atoms with Crippen LogP contribution in [-0.2, 0) is 22.4 Å². The van der Waals surface area contributed by atoms with Crippen LogP contribution in [0.2, 0.25) is 0 Å². The molecule has 0 fully saturated rings. The van der Waals surface area contributed by atoms with E-state index in [4.69, 9.17) is 0 Å². The van der Waals surface area contributed by atoms with Gasteiger partial charge in [0, 0.05) is 11.0 Å². The number of esters is 1. The molecule has 1 aliphatic carbocycles. The third-order valence-corrected chi connectivity index (χ3v) is 6.18. The molecule has 3 aromatic heterocycles. The van der Waals surface area contributed by atoms with Crippen LogP contribution in [0.15, 0.2) is 9.59 Å². The maximum Gasteiger partial charge on any atom is 0.332 e. The Morgan fingerprint density at radius 1 is 1.22 bits per heavy atom. The lowest BCUT2D eigenvalue weighted by Gasteiger charge is -2.09. The first-order chi connectivity index (χ1) is 11.1. The van der Waals surface area contributed by atoms with E-state index in [0.29, 0.717) is 15.2 Å². The molecule has 0 N–H and O–H groups in total. The normalized spacial score (nSPS) is 15.3. The third-order valence-electron chi connectivity index (χ3n) is 4.02. The first kappa shape index (κ1) is 14.5. The highest BCUT2D eigenvalue weighted by Gasteiger charge is 2.22. The summed E-state index contributed by atoms with van der Waals surface area (Å²) in [5.41, 5.74) is 0.216. The summed E-state index contributed by atoms with van der Waals surface area (Å²) in [6, 6.07) is 0. The molecule has 0 bridgehead atoms. The molecule has 23 heavy (non-hydrogen) atoms. The van der Waals surface area contributed by atoms with Crippen molar-refractivity contribution >= 4 is 49.9 Å². The van der Waals surface area contributed by atoms with Crippen LogP contribution < -0.4 is 15.7 Å². The summed E-state index contributed by atoms with van der Waals surface area (Å²) >= 11 is 2.57. The molecule has 6 nitrogen and oxygen atoms in total. The SMILES string of the molecule is COC(=O)/C=c1\sc2nc3sc4c(c3c(=O)n2c1=O)CCCC4. The number of carbonyl (C=O) groups excluding carboxylic acids is 1. The maximum absolute atomic E-state index is 12.8. The average Bonchev–Trinajstić information content (AvgIpc) is 3.06. The molecule has 3 heterocycles. The second kappa shape index (κ2) is 5.24. The van der Waals surface area contributed by atoms with Gasteiger partial charge in [-0.3, -0.25) is 9.59 Å². The first-order valence-corrected chi connectivity index (χ1v) is 8.83. The Kier molecular flexibility index (Phi) is 3.31. The summed E-state index contributed by atoms with van der Waals surface area (Å²) in [4.78, 5) is 43.3. The molecule has 0 atom stereocenters. The Balaban J connectivity index is 2.11. The van der Waals surface area contributed by atoms with Crippen LogP contribution in [0.3, 0.4) is 0 Å². The number of aryl methyl sites for hydroxylation is 2. The summed E-state index contributed by atoms with van der Waals surface area (Å²) in [6.07, 6.45) is 5.11. The third kappa shape index (κ3) is 2.13. The molecule has 0 amide bonds. The molecule has 118 valence electrons. The molecule has 0 saturated heterocycles. The van der Waals surface area contributed by atoms with Crippen molar-refractivity contribution in [2.45, 2.75) is 25.7 Å². The maximum atomic E-state index is 12.8. The molecule has 0 aliphatic heterocycles. The summed E-state index contributed by atoms with van der Waals surface area (Å²) < 4.78 is 5.77. The second-order valence-electron chi connectivity index (χ2n) is 5.36.